The Morgan fingerprint density at radius 3 is 3.00 bits per heavy atom. The van der Waals surface area contributed by atoms with E-state index < -0.39 is 11.9 Å². The summed E-state index contributed by atoms with van der Waals surface area (Å²) >= 11 is 7.81. The lowest BCUT2D eigenvalue weighted by atomic mass is 10.3. The van der Waals surface area contributed by atoms with Gasteiger partial charge in [0.05, 0.1) is 9.26 Å². The predicted octanol–water partition coefficient (Wildman–Crippen LogP) is 1.63. The van der Waals surface area contributed by atoms with Crippen LogP contribution in [0.3, 0.4) is 0 Å². The van der Waals surface area contributed by atoms with Crippen LogP contribution in [0.4, 0.5) is 5.69 Å². The van der Waals surface area contributed by atoms with Crippen LogP contribution in [0, 0.1) is 3.57 Å². The third kappa shape index (κ3) is 2.98. The van der Waals surface area contributed by atoms with Crippen molar-refractivity contribution in [2.45, 2.75) is 13.0 Å². The molecule has 1 aromatic heterocycles. The lowest BCUT2D eigenvalue weighted by Crippen LogP contribution is -2.32. The van der Waals surface area contributed by atoms with E-state index in [0.29, 0.717) is 5.15 Å². The van der Waals surface area contributed by atoms with E-state index in [1.165, 1.54) is 0 Å². The van der Waals surface area contributed by atoms with Crippen LogP contribution in [0.15, 0.2) is 12.3 Å². The molecule has 0 saturated heterocycles. The molecule has 4 nitrogen and oxygen atoms in total. The van der Waals surface area contributed by atoms with E-state index in [-0.39, 0.29) is 0 Å². The van der Waals surface area contributed by atoms with Gasteiger partial charge in [0.25, 0.3) is 0 Å². The molecular weight excluding hydrogens is 316 g/mol. The molecule has 0 aromatic carbocycles. The maximum Gasteiger partial charge on any atom is 0.239 e. The largest absolute Gasteiger partial charge is 0.373 e. The first-order valence-electron chi connectivity index (χ1n) is 3.87. The molecule has 6 heteroatoms. The Bertz CT molecular complexity index is 358. The molecule has 3 N–H and O–H groups in total. The Kier molecular flexibility index (Phi) is 3.94. The van der Waals surface area contributed by atoms with Gasteiger partial charge in [0.15, 0.2) is 0 Å². The number of primary amides is 1. The number of amides is 1. The number of nitrogens with one attached hydrogen (secondary N) is 1. The number of carbonyl (C=O) groups is 1. The van der Waals surface area contributed by atoms with Gasteiger partial charge >= 0.3 is 0 Å². The summed E-state index contributed by atoms with van der Waals surface area (Å²) in [6.45, 7) is 1.69. The van der Waals surface area contributed by atoms with E-state index in [0.717, 1.165) is 9.26 Å². The van der Waals surface area contributed by atoms with Crippen molar-refractivity contribution in [2.24, 2.45) is 5.73 Å². The first-order chi connectivity index (χ1) is 6.50. The van der Waals surface area contributed by atoms with Crippen molar-refractivity contribution in [3.05, 3.63) is 21.0 Å². The number of anilines is 1. The number of hydrogen-bond acceptors (Lipinski definition) is 3. The number of pyridine rings is 1. The van der Waals surface area contributed by atoms with Gasteiger partial charge in [-0.15, -0.1) is 0 Å². The second kappa shape index (κ2) is 4.79. The summed E-state index contributed by atoms with van der Waals surface area (Å²) in [5, 5.41) is 3.32. The number of nitrogens with zero attached hydrogens (tertiary/aromatic N) is 1. The van der Waals surface area contributed by atoms with E-state index in [4.69, 9.17) is 17.3 Å². The predicted molar refractivity (Wildman–Crippen MR) is 64.2 cm³/mol. The minimum atomic E-state index is -0.429. The monoisotopic (exact) mass is 325 g/mol. The minimum absolute atomic E-state index is 0.379. The van der Waals surface area contributed by atoms with Gasteiger partial charge in [0.1, 0.15) is 11.2 Å². The van der Waals surface area contributed by atoms with Crippen LogP contribution >= 0.6 is 34.2 Å². The molecule has 1 amide bonds. The standard InChI is InChI=1S/C8H9ClIN3O/c1-4(8(11)14)13-6-2-7(9)12-3-5(6)10/h2-4H,1H3,(H2,11,14)(H,12,13)/t4-/m1/s1. The first kappa shape index (κ1) is 11.5. The summed E-state index contributed by atoms with van der Waals surface area (Å²) in [4.78, 5) is 14.7. The highest BCUT2D eigenvalue weighted by Crippen LogP contribution is 2.20. The number of aromatic nitrogens is 1. The third-order valence-corrected chi connectivity index (χ3v) is 2.69. The van der Waals surface area contributed by atoms with Gasteiger partial charge < -0.3 is 11.1 Å². The second-order valence-electron chi connectivity index (χ2n) is 2.76. The highest BCUT2D eigenvalue weighted by Gasteiger charge is 2.10. The SMILES string of the molecule is C[C@@H](Nc1cc(Cl)ncc1I)C(N)=O. The van der Waals surface area contributed by atoms with Crippen LogP contribution in [0.1, 0.15) is 6.92 Å². The molecule has 1 rings (SSSR count). The minimum Gasteiger partial charge on any atom is -0.373 e. The molecule has 0 unspecified atom stereocenters. The summed E-state index contributed by atoms with van der Waals surface area (Å²) in [6.07, 6.45) is 1.62. The number of carbonyl (C=O) groups excluding carboxylic acids is 1. The van der Waals surface area contributed by atoms with Crippen LogP contribution in [0.25, 0.3) is 0 Å². The molecule has 0 radical (unpaired) electrons. The van der Waals surface area contributed by atoms with Crippen molar-refractivity contribution in [1.82, 2.24) is 4.98 Å². The summed E-state index contributed by atoms with van der Waals surface area (Å²) in [7, 11) is 0. The molecule has 0 spiro atoms. The maximum absolute atomic E-state index is 10.8. The number of rotatable bonds is 3. The van der Waals surface area contributed by atoms with Crippen molar-refractivity contribution in [3.63, 3.8) is 0 Å². The van der Waals surface area contributed by atoms with E-state index in [1.807, 2.05) is 0 Å². The van der Waals surface area contributed by atoms with Crippen molar-refractivity contribution in [1.29, 1.82) is 0 Å². The molecule has 14 heavy (non-hydrogen) atoms. The van der Waals surface area contributed by atoms with E-state index in [2.05, 4.69) is 32.9 Å². The molecule has 0 bridgehead atoms. The number of nitrogens with two attached hydrogens (primary N) is 1. The summed E-state index contributed by atoms with van der Waals surface area (Å²) < 4.78 is 0.889. The normalized spacial score (nSPS) is 12.2. The summed E-state index contributed by atoms with van der Waals surface area (Å²) in [6, 6.07) is 1.23. The highest BCUT2D eigenvalue weighted by molar-refractivity contribution is 14.1. The van der Waals surface area contributed by atoms with Gasteiger partial charge in [-0.05, 0) is 35.6 Å². The van der Waals surface area contributed by atoms with E-state index >= 15 is 0 Å². The van der Waals surface area contributed by atoms with Gasteiger partial charge in [0.2, 0.25) is 5.91 Å². The van der Waals surface area contributed by atoms with Crippen LogP contribution in [-0.4, -0.2) is 16.9 Å². The highest BCUT2D eigenvalue weighted by atomic mass is 127. The fourth-order valence-electron chi connectivity index (χ4n) is 0.828. The fourth-order valence-corrected chi connectivity index (χ4v) is 1.44. The van der Waals surface area contributed by atoms with Gasteiger partial charge in [-0.3, -0.25) is 4.79 Å². The van der Waals surface area contributed by atoms with Crippen LogP contribution in [0.2, 0.25) is 5.15 Å². The fraction of sp³-hybridized carbons (Fsp3) is 0.250. The van der Waals surface area contributed by atoms with Gasteiger partial charge in [0, 0.05) is 6.20 Å². The molecule has 1 atom stereocenters. The number of hydrogen-bond donors (Lipinski definition) is 2. The Balaban J connectivity index is 2.85. The van der Waals surface area contributed by atoms with Gasteiger partial charge in [-0.25, -0.2) is 4.98 Å². The lowest BCUT2D eigenvalue weighted by molar-refractivity contribution is -0.118. The Labute approximate surface area is 100 Å². The molecular formula is C8H9ClIN3O. The van der Waals surface area contributed by atoms with Crippen molar-refractivity contribution < 1.29 is 4.79 Å². The van der Waals surface area contributed by atoms with Crippen LogP contribution in [0.5, 0.6) is 0 Å². The topological polar surface area (TPSA) is 68.0 Å². The van der Waals surface area contributed by atoms with E-state index in [9.17, 15) is 4.79 Å². The molecule has 1 aromatic rings. The van der Waals surface area contributed by atoms with Crippen molar-refractivity contribution in [3.8, 4) is 0 Å². The lowest BCUT2D eigenvalue weighted by Gasteiger charge is -2.12. The van der Waals surface area contributed by atoms with Crippen molar-refractivity contribution in [2.75, 3.05) is 5.32 Å². The smallest absolute Gasteiger partial charge is 0.239 e. The van der Waals surface area contributed by atoms with E-state index in [1.54, 1.807) is 19.2 Å². The average molecular weight is 326 g/mol. The summed E-state index contributed by atoms with van der Waals surface area (Å²) in [5.41, 5.74) is 5.88. The van der Waals surface area contributed by atoms with Gasteiger partial charge in [-0.2, -0.15) is 0 Å². The van der Waals surface area contributed by atoms with Crippen LogP contribution < -0.4 is 11.1 Å². The zero-order valence-corrected chi connectivity index (χ0v) is 10.3. The zero-order chi connectivity index (χ0) is 10.7. The molecule has 1 heterocycles. The number of halogens is 2. The van der Waals surface area contributed by atoms with Gasteiger partial charge in [-0.1, -0.05) is 11.6 Å². The zero-order valence-electron chi connectivity index (χ0n) is 7.42. The molecule has 0 aliphatic rings. The summed E-state index contributed by atoms with van der Waals surface area (Å²) in [5.74, 6) is -0.409. The Hall–Kier alpha value is -0.560. The average Bonchev–Trinajstić information content (AvgIpc) is 2.11. The molecule has 0 saturated carbocycles. The quantitative estimate of drug-likeness (QED) is 0.655. The molecule has 0 fully saturated rings. The third-order valence-electron chi connectivity index (χ3n) is 1.62. The molecule has 0 aliphatic carbocycles. The Morgan fingerprint density at radius 2 is 2.43 bits per heavy atom. The molecule has 76 valence electrons. The maximum atomic E-state index is 10.8. The van der Waals surface area contributed by atoms with Crippen LogP contribution in [-0.2, 0) is 4.79 Å². The first-order valence-corrected chi connectivity index (χ1v) is 5.33. The molecule has 0 aliphatic heterocycles. The second-order valence-corrected chi connectivity index (χ2v) is 4.30. The Morgan fingerprint density at radius 1 is 1.79 bits per heavy atom. The van der Waals surface area contributed by atoms with Crippen molar-refractivity contribution >= 4 is 45.8 Å².